The highest BCUT2D eigenvalue weighted by atomic mass is 32.2. The minimum absolute atomic E-state index is 0.0353. The highest BCUT2D eigenvalue weighted by molar-refractivity contribution is 8.18. The Morgan fingerprint density at radius 3 is 2.59 bits per heavy atom. The summed E-state index contributed by atoms with van der Waals surface area (Å²) in [4.78, 5) is 35.5. The molecule has 1 aliphatic heterocycles. The first-order valence-corrected chi connectivity index (χ1v) is 10.5. The molecule has 0 radical (unpaired) electrons. The van der Waals surface area contributed by atoms with Crippen molar-refractivity contribution in [3.63, 3.8) is 0 Å². The standard InChI is InChI=1S/C22H21N3O3S/c26-20-19(13-15-8-10-16(11-9-15)21(27)28)29-22(24-17-5-4-12-23-14-17)25(20)18-6-2-1-3-7-18/h4-5,8-14,18H,1-3,6-7H2,(H,27,28)/b19-13-,24-22?. The Hall–Kier alpha value is -2.93. The molecule has 29 heavy (non-hydrogen) atoms. The van der Waals surface area contributed by atoms with E-state index < -0.39 is 5.97 Å². The number of hydrogen-bond donors (Lipinski definition) is 1. The van der Waals surface area contributed by atoms with Crippen molar-refractivity contribution in [2.24, 2.45) is 4.99 Å². The molecule has 0 spiro atoms. The number of pyridine rings is 1. The van der Waals surface area contributed by atoms with Gasteiger partial charge in [0, 0.05) is 12.2 Å². The summed E-state index contributed by atoms with van der Waals surface area (Å²) in [5.74, 6) is -1.00. The third-order valence-corrected chi connectivity index (χ3v) is 6.09. The third kappa shape index (κ3) is 4.40. The first kappa shape index (κ1) is 19.4. The van der Waals surface area contributed by atoms with Crippen molar-refractivity contribution in [3.05, 3.63) is 64.8 Å². The molecule has 148 valence electrons. The van der Waals surface area contributed by atoms with Gasteiger partial charge in [0.1, 0.15) is 0 Å². The fourth-order valence-corrected chi connectivity index (χ4v) is 4.69. The predicted molar refractivity (Wildman–Crippen MR) is 114 cm³/mol. The molecule has 0 atom stereocenters. The van der Waals surface area contributed by atoms with Crippen LogP contribution in [0.1, 0.15) is 48.0 Å². The van der Waals surface area contributed by atoms with E-state index in [1.54, 1.807) is 42.7 Å². The molecule has 2 aliphatic rings. The lowest BCUT2D eigenvalue weighted by Gasteiger charge is -2.30. The zero-order valence-corrected chi connectivity index (χ0v) is 16.6. The zero-order chi connectivity index (χ0) is 20.2. The Bertz CT molecular complexity index is 965. The van der Waals surface area contributed by atoms with Crippen LogP contribution in [0, 0.1) is 0 Å². The molecule has 2 fully saturated rings. The van der Waals surface area contributed by atoms with E-state index in [-0.39, 0.29) is 17.5 Å². The van der Waals surface area contributed by atoms with Crippen LogP contribution in [0.2, 0.25) is 0 Å². The monoisotopic (exact) mass is 407 g/mol. The van der Waals surface area contributed by atoms with Crippen LogP contribution < -0.4 is 0 Å². The maximum absolute atomic E-state index is 13.2. The number of amidine groups is 1. The van der Waals surface area contributed by atoms with Gasteiger partial charge in [0.15, 0.2) is 5.17 Å². The molecule has 4 rings (SSSR count). The summed E-state index contributed by atoms with van der Waals surface area (Å²) < 4.78 is 0. The van der Waals surface area contributed by atoms with E-state index in [1.807, 2.05) is 17.0 Å². The Balaban J connectivity index is 1.66. The van der Waals surface area contributed by atoms with E-state index in [9.17, 15) is 9.59 Å². The molecule has 7 heteroatoms. The van der Waals surface area contributed by atoms with E-state index in [4.69, 9.17) is 10.1 Å². The molecule has 1 aromatic heterocycles. The van der Waals surface area contributed by atoms with E-state index in [0.29, 0.717) is 10.1 Å². The van der Waals surface area contributed by atoms with Crippen LogP contribution in [-0.2, 0) is 4.79 Å². The molecule has 6 nitrogen and oxygen atoms in total. The second kappa shape index (κ2) is 8.61. The first-order valence-electron chi connectivity index (χ1n) is 9.67. The Labute approximate surface area is 173 Å². The highest BCUT2D eigenvalue weighted by Crippen LogP contribution is 2.38. The summed E-state index contributed by atoms with van der Waals surface area (Å²) in [5, 5.41) is 9.74. The maximum atomic E-state index is 13.2. The number of nitrogens with zero attached hydrogens (tertiary/aromatic N) is 3. The molecule has 1 aliphatic carbocycles. The molecular formula is C22H21N3O3S. The number of amides is 1. The van der Waals surface area contributed by atoms with Gasteiger partial charge >= 0.3 is 5.97 Å². The summed E-state index contributed by atoms with van der Waals surface area (Å²) in [5.41, 5.74) is 1.73. The second-order valence-corrected chi connectivity index (χ2v) is 8.12. The van der Waals surface area contributed by atoms with Gasteiger partial charge in [-0.1, -0.05) is 31.4 Å². The predicted octanol–water partition coefficient (Wildman–Crippen LogP) is 4.72. The number of thioether (sulfide) groups is 1. The molecule has 0 unspecified atom stereocenters. The van der Waals surface area contributed by atoms with Gasteiger partial charge in [-0.05, 0) is 60.5 Å². The molecule has 1 saturated carbocycles. The van der Waals surface area contributed by atoms with Gasteiger partial charge in [-0.3, -0.25) is 14.7 Å². The Kier molecular flexibility index (Phi) is 5.76. The van der Waals surface area contributed by atoms with E-state index in [0.717, 1.165) is 36.9 Å². The maximum Gasteiger partial charge on any atom is 0.335 e. The minimum Gasteiger partial charge on any atom is -0.478 e. The van der Waals surface area contributed by atoms with Crippen molar-refractivity contribution >= 4 is 40.6 Å². The van der Waals surface area contributed by atoms with Gasteiger partial charge in [-0.2, -0.15) is 0 Å². The molecule has 1 saturated heterocycles. The minimum atomic E-state index is -0.968. The number of aliphatic imine (C=N–C) groups is 1. The van der Waals surface area contributed by atoms with Gasteiger partial charge in [0.25, 0.3) is 5.91 Å². The van der Waals surface area contributed by atoms with Crippen LogP contribution in [0.25, 0.3) is 6.08 Å². The highest BCUT2D eigenvalue weighted by Gasteiger charge is 2.38. The van der Waals surface area contributed by atoms with Crippen molar-refractivity contribution < 1.29 is 14.7 Å². The normalized spacial score (nSPS) is 20.6. The molecule has 1 aromatic carbocycles. The molecule has 2 aromatic rings. The number of aromatic carboxylic acids is 1. The molecule has 2 heterocycles. The second-order valence-electron chi connectivity index (χ2n) is 7.11. The van der Waals surface area contributed by atoms with Gasteiger partial charge in [0.2, 0.25) is 0 Å². The average molecular weight is 407 g/mol. The zero-order valence-electron chi connectivity index (χ0n) is 15.8. The smallest absolute Gasteiger partial charge is 0.335 e. The fraction of sp³-hybridized carbons (Fsp3) is 0.273. The molecular weight excluding hydrogens is 386 g/mol. The van der Waals surface area contributed by atoms with Gasteiger partial charge in [-0.15, -0.1) is 0 Å². The lowest BCUT2D eigenvalue weighted by molar-refractivity contribution is -0.124. The van der Waals surface area contributed by atoms with Crippen LogP contribution in [0.4, 0.5) is 5.69 Å². The quantitative estimate of drug-likeness (QED) is 0.742. The van der Waals surface area contributed by atoms with Crippen molar-refractivity contribution in [1.29, 1.82) is 0 Å². The van der Waals surface area contributed by atoms with Crippen molar-refractivity contribution in [3.8, 4) is 0 Å². The van der Waals surface area contributed by atoms with Crippen LogP contribution in [0.5, 0.6) is 0 Å². The van der Waals surface area contributed by atoms with Crippen LogP contribution in [0.3, 0.4) is 0 Å². The SMILES string of the molecule is O=C(O)c1ccc(/C=C2\SC(=Nc3cccnc3)N(C3CCCCC3)C2=O)cc1. The molecule has 1 amide bonds. The lowest BCUT2D eigenvalue weighted by Crippen LogP contribution is -2.40. The first-order chi connectivity index (χ1) is 14.1. The number of aromatic nitrogens is 1. The molecule has 1 N–H and O–H groups in total. The summed E-state index contributed by atoms with van der Waals surface area (Å²) in [6, 6.07) is 10.4. The summed E-state index contributed by atoms with van der Waals surface area (Å²) in [6.07, 6.45) is 10.6. The summed E-state index contributed by atoms with van der Waals surface area (Å²) in [7, 11) is 0. The van der Waals surface area contributed by atoms with Crippen molar-refractivity contribution in [2.75, 3.05) is 0 Å². The van der Waals surface area contributed by atoms with Crippen molar-refractivity contribution in [1.82, 2.24) is 9.88 Å². The Morgan fingerprint density at radius 1 is 1.17 bits per heavy atom. The summed E-state index contributed by atoms with van der Waals surface area (Å²) >= 11 is 1.36. The van der Waals surface area contributed by atoms with E-state index in [1.165, 1.54) is 18.2 Å². The summed E-state index contributed by atoms with van der Waals surface area (Å²) in [6.45, 7) is 0. The van der Waals surface area contributed by atoms with Gasteiger partial charge in [-0.25, -0.2) is 9.79 Å². The van der Waals surface area contributed by atoms with Gasteiger partial charge < -0.3 is 5.11 Å². The third-order valence-electron chi connectivity index (χ3n) is 5.10. The Morgan fingerprint density at radius 2 is 1.93 bits per heavy atom. The van der Waals surface area contributed by atoms with Crippen molar-refractivity contribution in [2.45, 2.75) is 38.1 Å². The average Bonchev–Trinajstić information content (AvgIpc) is 3.04. The van der Waals surface area contributed by atoms with E-state index >= 15 is 0 Å². The lowest BCUT2D eigenvalue weighted by atomic mass is 9.94. The van der Waals surface area contributed by atoms with Crippen LogP contribution in [0.15, 0.2) is 58.7 Å². The largest absolute Gasteiger partial charge is 0.478 e. The number of rotatable bonds is 4. The van der Waals surface area contributed by atoms with Crippen LogP contribution in [-0.4, -0.2) is 38.1 Å². The van der Waals surface area contributed by atoms with Gasteiger partial charge in [0.05, 0.1) is 22.4 Å². The number of hydrogen-bond acceptors (Lipinski definition) is 5. The number of benzene rings is 1. The topological polar surface area (TPSA) is 82.9 Å². The van der Waals surface area contributed by atoms with E-state index in [2.05, 4.69) is 4.98 Å². The number of carbonyl (C=O) groups is 2. The van der Waals surface area contributed by atoms with Crippen LogP contribution >= 0.6 is 11.8 Å². The number of carboxylic acids is 1. The number of carboxylic acid groups (broad SMARTS) is 1. The fourth-order valence-electron chi connectivity index (χ4n) is 3.63. The molecule has 0 bridgehead atoms. The number of carbonyl (C=O) groups excluding carboxylic acids is 1.